The van der Waals surface area contributed by atoms with Crippen molar-refractivity contribution in [3.05, 3.63) is 53.6 Å². The molecule has 1 N–H and O–H groups in total. The fourth-order valence-electron chi connectivity index (χ4n) is 3.60. The number of morpholine rings is 1. The Hall–Kier alpha value is -2.13. The highest BCUT2D eigenvalue weighted by atomic mass is 32.2. The van der Waals surface area contributed by atoms with E-state index >= 15 is 0 Å². The smallest absolute Gasteiger partial charge is 0.240 e. The Labute approximate surface area is 171 Å². The van der Waals surface area contributed by atoms with Gasteiger partial charge in [0.15, 0.2) is 11.5 Å². The topological polar surface area (TPSA) is 77.1 Å². The molecule has 156 valence electrons. The summed E-state index contributed by atoms with van der Waals surface area (Å²) in [6.07, 6.45) is 0. The number of ether oxygens (including phenoxy) is 3. The first-order valence-corrected chi connectivity index (χ1v) is 11.3. The molecule has 0 unspecified atom stereocenters. The van der Waals surface area contributed by atoms with Crippen LogP contribution in [-0.2, 0) is 14.8 Å². The van der Waals surface area contributed by atoms with Gasteiger partial charge >= 0.3 is 0 Å². The van der Waals surface area contributed by atoms with Gasteiger partial charge in [-0.05, 0) is 24.6 Å². The predicted octanol–water partition coefficient (Wildman–Crippen LogP) is 2.12. The third kappa shape index (κ3) is 4.72. The summed E-state index contributed by atoms with van der Waals surface area (Å²) in [6.45, 7) is 6.03. The summed E-state index contributed by atoms with van der Waals surface area (Å²) in [7, 11) is -3.69. The van der Waals surface area contributed by atoms with Gasteiger partial charge in [-0.3, -0.25) is 4.90 Å². The molecular formula is C21H26N2O5S. The van der Waals surface area contributed by atoms with Crippen LogP contribution in [0.15, 0.2) is 47.4 Å². The molecule has 2 aliphatic heterocycles. The number of rotatable bonds is 6. The van der Waals surface area contributed by atoms with Crippen LogP contribution in [0.2, 0.25) is 0 Å². The maximum atomic E-state index is 12.9. The van der Waals surface area contributed by atoms with Crippen molar-refractivity contribution < 1.29 is 22.6 Å². The zero-order valence-electron chi connectivity index (χ0n) is 16.5. The van der Waals surface area contributed by atoms with Gasteiger partial charge in [0.25, 0.3) is 0 Å². The number of nitrogens with zero attached hydrogens (tertiary/aromatic N) is 1. The highest BCUT2D eigenvalue weighted by molar-refractivity contribution is 7.89. The summed E-state index contributed by atoms with van der Waals surface area (Å²) >= 11 is 0. The summed E-state index contributed by atoms with van der Waals surface area (Å²) in [4.78, 5) is 2.44. The van der Waals surface area contributed by atoms with Gasteiger partial charge in [0.05, 0.1) is 18.1 Å². The molecule has 0 saturated carbocycles. The van der Waals surface area contributed by atoms with Crippen molar-refractivity contribution in [2.75, 3.05) is 46.1 Å². The van der Waals surface area contributed by atoms with Gasteiger partial charge in [-0.15, -0.1) is 0 Å². The molecular weight excluding hydrogens is 392 g/mol. The molecule has 4 rings (SSSR count). The lowest BCUT2D eigenvalue weighted by atomic mass is 10.0. The second-order valence-electron chi connectivity index (χ2n) is 7.23. The van der Waals surface area contributed by atoms with Crippen molar-refractivity contribution in [2.45, 2.75) is 17.9 Å². The van der Waals surface area contributed by atoms with Crippen LogP contribution < -0.4 is 14.2 Å². The Kier molecular flexibility index (Phi) is 6.05. The van der Waals surface area contributed by atoms with Crippen LogP contribution in [-0.4, -0.2) is 59.4 Å². The minimum Gasteiger partial charge on any atom is -0.486 e. The summed E-state index contributed by atoms with van der Waals surface area (Å²) in [5.41, 5.74) is 2.26. The van der Waals surface area contributed by atoms with E-state index in [9.17, 15) is 8.42 Å². The van der Waals surface area contributed by atoms with E-state index in [0.717, 1.165) is 18.7 Å². The van der Waals surface area contributed by atoms with Gasteiger partial charge in [-0.25, -0.2) is 13.1 Å². The first-order chi connectivity index (χ1) is 14.0. The normalized spacial score (nSPS) is 18.4. The van der Waals surface area contributed by atoms with Crippen LogP contribution in [0.25, 0.3) is 0 Å². The molecule has 0 spiro atoms. The van der Waals surface area contributed by atoms with Crippen LogP contribution in [0.3, 0.4) is 0 Å². The lowest BCUT2D eigenvalue weighted by molar-refractivity contribution is 0.0172. The van der Waals surface area contributed by atoms with Gasteiger partial charge in [-0.2, -0.15) is 0 Å². The molecule has 2 aliphatic rings. The molecule has 0 radical (unpaired) electrons. The largest absolute Gasteiger partial charge is 0.486 e. The number of fused-ring (bicyclic) bond motifs is 1. The van der Waals surface area contributed by atoms with E-state index in [-0.39, 0.29) is 17.5 Å². The maximum absolute atomic E-state index is 12.9. The van der Waals surface area contributed by atoms with E-state index in [1.807, 2.05) is 6.92 Å². The fourth-order valence-corrected chi connectivity index (χ4v) is 4.65. The lowest BCUT2D eigenvalue weighted by Crippen LogP contribution is -2.43. The number of nitrogens with one attached hydrogen (secondary N) is 1. The van der Waals surface area contributed by atoms with Crippen molar-refractivity contribution in [1.82, 2.24) is 9.62 Å². The van der Waals surface area contributed by atoms with E-state index < -0.39 is 10.0 Å². The van der Waals surface area contributed by atoms with Crippen LogP contribution in [0.5, 0.6) is 11.5 Å². The molecule has 1 atom stereocenters. The lowest BCUT2D eigenvalue weighted by Gasteiger charge is -2.35. The van der Waals surface area contributed by atoms with Crippen molar-refractivity contribution in [1.29, 1.82) is 0 Å². The minimum atomic E-state index is -3.69. The summed E-state index contributed by atoms with van der Waals surface area (Å²) < 4.78 is 45.1. The van der Waals surface area contributed by atoms with Gasteiger partial charge < -0.3 is 14.2 Å². The molecule has 29 heavy (non-hydrogen) atoms. The van der Waals surface area contributed by atoms with Crippen molar-refractivity contribution in [3.8, 4) is 11.5 Å². The third-order valence-electron chi connectivity index (χ3n) is 5.24. The van der Waals surface area contributed by atoms with Crippen LogP contribution >= 0.6 is 0 Å². The average Bonchev–Trinajstić information content (AvgIpc) is 2.75. The standard InChI is InChI=1S/C21H26N2O5S/c1-16-2-4-17(5-3-16)19(23-8-10-26-11-9-23)15-22-29(24,25)18-6-7-20-21(14-18)28-13-12-27-20/h2-7,14,19,22H,8-13,15H2,1H3/t19-/m0/s1. The second-order valence-corrected chi connectivity index (χ2v) is 9.00. The summed E-state index contributed by atoms with van der Waals surface area (Å²) in [5, 5.41) is 0. The van der Waals surface area contributed by atoms with Crippen LogP contribution in [0.4, 0.5) is 0 Å². The molecule has 7 nitrogen and oxygen atoms in total. The quantitative estimate of drug-likeness (QED) is 0.774. The fraction of sp³-hybridized carbons (Fsp3) is 0.429. The van der Waals surface area contributed by atoms with E-state index in [4.69, 9.17) is 14.2 Å². The molecule has 8 heteroatoms. The van der Waals surface area contributed by atoms with Crippen LogP contribution in [0.1, 0.15) is 17.2 Å². The van der Waals surface area contributed by atoms with Crippen molar-refractivity contribution >= 4 is 10.0 Å². The number of sulfonamides is 1. The van der Waals surface area contributed by atoms with Gasteiger partial charge in [0.2, 0.25) is 10.0 Å². The van der Waals surface area contributed by atoms with E-state index in [1.165, 1.54) is 11.6 Å². The van der Waals surface area contributed by atoms with E-state index in [1.54, 1.807) is 12.1 Å². The first-order valence-electron chi connectivity index (χ1n) is 9.81. The Morgan fingerprint density at radius 2 is 1.66 bits per heavy atom. The molecule has 2 aromatic carbocycles. The van der Waals surface area contributed by atoms with Crippen molar-refractivity contribution in [3.63, 3.8) is 0 Å². The maximum Gasteiger partial charge on any atom is 0.240 e. The van der Waals surface area contributed by atoms with Gasteiger partial charge in [-0.1, -0.05) is 29.8 Å². The molecule has 1 saturated heterocycles. The highest BCUT2D eigenvalue weighted by Crippen LogP contribution is 2.32. The third-order valence-corrected chi connectivity index (χ3v) is 6.66. The van der Waals surface area contributed by atoms with Crippen LogP contribution in [0, 0.1) is 6.92 Å². The molecule has 0 amide bonds. The zero-order valence-corrected chi connectivity index (χ0v) is 17.3. The van der Waals surface area contributed by atoms with Crippen molar-refractivity contribution in [2.24, 2.45) is 0 Å². The first kappa shape index (κ1) is 20.2. The molecule has 2 aromatic rings. The Morgan fingerprint density at radius 3 is 2.38 bits per heavy atom. The molecule has 0 aromatic heterocycles. The number of hydrogen-bond acceptors (Lipinski definition) is 6. The van der Waals surface area contributed by atoms with E-state index in [0.29, 0.717) is 37.9 Å². The monoisotopic (exact) mass is 418 g/mol. The minimum absolute atomic E-state index is 0.0634. The number of benzene rings is 2. The second kappa shape index (κ2) is 8.71. The summed E-state index contributed by atoms with van der Waals surface area (Å²) in [5.74, 6) is 1.03. The Morgan fingerprint density at radius 1 is 0.966 bits per heavy atom. The van der Waals surface area contributed by atoms with Gasteiger partial charge in [0.1, 0.15) is 13.2 Å². The van der Waals surface area contributed by atoms with Gasteiger partial charge in [0, 0.05) is 31.7 Å². The Bertz CT molecular complexity index is 940. The predicted molar refractivity (Wildman–Crippen MR) is 109 cm³/mol. The van der Waals surface area contributed by atoms with E-state index in [2.05, 4.69) is 33.9 Å². The SMILES string of the molecule is Cc1ccc([C@H](CNS(=O)(=O)c2ccc3c(c2)OCCO3)N2CCOCC2)cc1. The Balaban J connectivity index is 1.53. The average molecular weight is 419 g/mol. The number of hydrogen-bond donors (Lipinski definition) is 1. The molecule has 2 heterocycles. The highest BCUT2D eigenvalue weighted by Gasteiger charge is 2.26. The molecule has 0 aliphatic carbocycles. The zero-order chi connectivity index (χ0) is 20.3. The molecule has 0 bridgehead atoms. The number of aryl methyl sites for hydroxylation is 1. The summed E-state index contributed by atoms with van der Waals surface area (Å²) in [6, 6.07) is 12.9. The molecule has 1 fully saturated rings.